The summed E-state index contributed by atoms with van der Waals surface area (Å²) < 4.78 is 29.1. The van der Waals surface area contributed by atoms with Crippen LogP contribution in [0.4, 0.5) is 8.78 Å². The number of hydrogen-bond donors (Lipinski definition) is 2. The fraction of sp³-hybridized carbons (Fsp3) is 0.222. The number of aromatic nitrogens is 8. The maximum absolute atomic E-state index is 13.6. The van der Waals surface area contributed by atoms with Crippen molar-refractivity contribution in [3.05, 3.63) is 72.7 Å². The zero-order chi connectivity index (χ0) is 25.9. The molecule has 7 rings (SSSR count). The van der Waals surface area contributed by atoms with Gasteiger partial charge in [-0.15, -0.1) is 0 Å². The second-order valence-electron chi connectivity index (χ2n) is 9.77. The van der Waals surface area contributed by atoms with Gasteiger partial charge in [0, 0.05) is 55.2 Å². The van der Waals surface area contributed by atoms with Crippen LogP contribution >= 0.6 is 0 Å². The molecule has 1 fully saturated rings. The monoisotopic (exact) mass is 511 g/mol. The van der Waals surface area contributed by atoms with Crippen molar-refractivity contribution in [1.29, 1.82) is 0 Å². The van der Waals surface area contributed by atoms with Gasteiger partial charge in [-0.3, -0.25) is 19.5 Å². The summed E-state index contributed by atoms with van der Waals surface area (Å²) in [6.07, 6.45) is 8.79. The zero-order valence-corrected chi connectivity index (χ0v) is 20.5. The van der Waals surface area contributed by atoms with Crippen LogP contribution in [-0.2, 0) is 6.54 Å². The van der Waals surface area contributed by atoms with E-state index in [1.165, 1.54) is 0 Å². The van der Waals surface area contributed by atoms with Crippen LogP contribution in [0.3, 0.4) is 0 Å². The number of likely N-dealkylation sites (tertiary alicyclic amines) is 1. The summed E-state index contributed by atoms with van der Waals surface area (Å²) in [4.78, 5) is 23.2. The Labute approximate surface area is 215 Å². The highest BCUT2D eigenvalue weighted by molar-refractivity contribution is 5.96. The number of halogens is 2. The van der Waals surface area contributed by atoms with Crippen LogP contribution in [0.2, 0.25) is 0 Å². The van der Waals surface area contributed by atoms with Crippen LogP contribution in [0.5, 0.6) is 0 Å². The van der Waals surface area contributed by atoms with Gasteiger partial charge in [0.2, 0.25) is 0 Å². The summed E-state index contributed by atoms with van der Waals surface area (Å²) in [5, 5.41) is 8.54. The van der Waals surface area contributed by atoms with Gasteiger partial charge < -0.3 is 4.98 Å². The number of benzene rings is 1. The van der Waals surface area contributed by atoms with Crippen molar-refractivity contribution >= 4 is 21.9 Å². The van der Waals surface area contributed by atoms with Gasteiger partial charge in [-0.1, -0.05) is 6.07 Å². The maximum atomic E-state index is 13.6. The molecule has 1 aliphatic heterocycles. The van der Waals surface area contributed by atoms with E-state index in [2.05, 4.69) is 30.1 Å². The average Bonchev–Trinajstić information content (AvgIpc) is 3.69. The highest BCUT2D eigenvalue weighted by atomic mass is 19.3. The standard InChI is InChI=1S/C27H23F2N9/c1-16-12-38(15-32-16)26-24-22(4-6-31-26)33-25(34-24)23-20-9-18(2-3-21(20)35-36-23)19-8-17(10-30-11-19)13-37-7-5-27(28,29)14-37/h2-4,6,8-12,15H,5,7,13-14H2,1H3,(H,33,34)(H,35,36). The van der Waals surface area contributed by atoms with E-state index in [0.29, 0.717) is 30.4 Å². The third kappa shape index (κ3) is 4.01. The summed E-state index contributed by atoms with van der Waals surface area (Å²) in [7, 11) is 0. The molecule has 0 aliphatic carbocycles. The van der Waals surface area contributed by atoms with Crippen LogP contribution in [0.1, 0.15) is 17.7 Å². The molecule has 1 saturated heterocycles. The number of pyridine rings is 2. The number of fused-ring (bicyclic) bond motifs is 2. The fourth-order valence-corrected chi connectivity index (χ4v) is 5.07. The molecular formula is C27H23F2N9. The first-order chi connectivity index (χ1) is 18.4. The molecule has 1 aliphatic rings. The summed E-state index contributed by atoms with van der Waals surface area (Å²) in [6.45, 7) is 2.55. The third-order valence-electron chi connectivity index (χ3n) is 6.91. The lowest BCUT2D eigenvalue weighted by Crippen LogP contribution is -2.24. The van der Waals surface area contributed by atoms with Crippen LogP contribution in [0, 0.1) is 6.92 Å². The molecular weight excluding hydrogens is 488 g/mol. The Morgan fingerprint density at radius 3 is 2.79 bits per heavy atom. The van der Waals surface area contributed by atoms with E-state index in [0.717, 1.165) is 44.3 Å². The van der Waals surface area contributed by atoms with E-state index in [9.17, 15) is 8.78 Å². The Kier molecular flexibility index (Phi) is 5.08. The molecule has 0 radical (unpaired) electrons. The van der Waals surface area contributed by atoms with Gasteiger partial charge in [0.25, 0.3) is 5.92 Å². The number of nitrogens with one attached hydrogen (secondary N) is 2. The van der Waals surface area contributed by atoms with E-state index >= 15 is 0 Å². The van der Waals surface area contributed by atoms with Gasteiger partial charge in [-0.2, -0.15) is 5.10 Å². The van der Waals surface area contributed by atoms with Crippen molar-refractivity contribution in [3.8, 4) is 28.5 Å². The van der Waals surface area contributed by atoms with Gasteiger partial charge in [0.15, 0.2) is 11.6 Å². The van der Waals surface area contributed by atoms with Gasteiger partial charge in [0.1, 0.15) is 17.5 Å². The molecule has 6 heterocycles. The molecule has 190 valence electrons. The molecule has 9 nitrogen and oxygen atoms in total. The molecule has 0 atom stereocenters. The largest absolute Gasteiger partial charge is 0.336 e. The zero-order valence-electron chi connectivity index (χ0n) is 20.5. The van der Waals surface area contributed by atoms with Gasteiger partial charge in [-0.05, 0) is 42.3 Å². The lowest BCUT2D eigenvalue weighted by atomic mass is 10.0. The molecule has 5 aromatic heterocycles. The number of aromatic amines is 2. The van der Waals surface area contributed by atoms with Crippen molar-refractivity contribution in [3.63, 3.8) is 0 Å². The van der Waals surface area contributed by atoms with Crippen molar-refractivity contribution in [2.45, 2.75) is 25.8 Å². The topological polar surface area (TPSA) is 104 Å². The first-order valence-electron chi connectivity index (χ1n) is 12.3. The second kappa shape index (κ2) is 8.52. The van der Waals surface area contributed by atoms with E-state index < -0.39 is 5.92 Å². The number of hydrogen-bond acceptors (Lipinski definition) is 6. The Morgan fingerprint density at radius 1 is 1.05 bits per heavy atom. The predicted molar refractivity (Wildman–Crippen MR) is 139 cm³/mol. The fourth-order valence-electron chi connectivity index (χ4n) is 5.07. The molecule has 1 aromatic carbocycles. The average molecular weight is 512 g/mol. The Hall–Kier alpha value is -4.51. The van der Waals surface area contributed by atoms with Crippen molar-refractivity contribution in [2.75, 3.05) is 13.1 Å². The normalized spacial score (nSPS) is 15.7. The van der Waals surface area contributed by atoms with Crippen molar-refractivity contribution < 1.29 is 8.78 Å². The minimum absolute atomic E-state index is 0.0959. The van der Waals surface area contributed by atoms with Crippen LogP contribution in [0.25, 0.3) is 50.4 Å². The SMILES string of the molecule is Cc1cn(-c2nccc3[nH]c(-c4n[nH]c5ccc(-c6cncc(CN7CCC(F)(F)C7)c6)cc45)nc23)cn1. The lowest BCUT2D eigenvalue weighted by molar-refractivity contribution is 0.0115. The van der Waals surface area contributed by atoms with Gasteiger partial charge in [-0.25, -0.2) is 23.7 Å². The Balaban J connectivity index is 1.24. The molecule has 0 saturated carbocycles. The maximum Gasteiger partial charge on any atom is 0.261 e. The summed E-state index contributed by atoms with van der Waals surface area (Å²) in [5.41, 5.74) is 6.78. The van der Waals surface area contributed by atoms with E-state index in [-0.39, 0.29) is 13.0 Å². The number of nitrogens with zero attached hydrogens (tertiary/aromatic N) is 7. The minimum Gasteiger partial charge on any atom is -0.336 e. The number of aryl methyl sites for hydroxylation is 1. The van der Waals surface area contributed by atoms with E-state index in [1.54, 1.807) is 29.8 Å². The molecule has 11 heteroatoms. The van der Waals surface area contributed by atoms with Crippen LogP contribution < -0.4 is 0 Å². The first kappa shape index (κ1) is 22.7. The summed E-state index contributed by atoms with van der Waals surface area (Å²) in [5.74, 6) is -1.31. The third-order valence-corrected chi connectivity index (χ3v) is 6.91. The number of imidazole rings is 2. The molecule has 0 unspecified atom stereocenters. The molecule has 2 N–H and O–H groups in total. The van der Waals surface area contributed by atoms with E-state index in [4.69, 9.17) is 4.98 Å². The Morgan fingerprint density at radius 2 is 1.97 bits per heavy atom. The minimum atomic E-state index is -2.61. The summed E-state index contributed by atoms with van der Waals surface area (Å²) in [6, 6.07) is 9.91. The smallest absolute Gasteiger partial charge is 0.261 e. The van der Waals surface area contributed by atoms with Crippen molar-refractivity contribution in [1.82, 2.24) is 44.6 Å². The number of rotatable bonds is 5. The van der Waals surface area contributed by atoms with Crippen LogP contribution in [0.15, 0.2) is 61.4 Å². The molecule has 38 heavy (non-hydrogen) atoms. The Bertz CT molecular complexity index is 1800. The molecule has 6 aromatic rings. The van der Waals surface area contributed by atoms with Crippen LogP contribution in [-0.4, -0.2) is 63.6 Å². The number of H-pyrrole nitrogens is 2. The first-order valence-corrected chi connectivity index (χ1v) is 12.3. The molecule has 0 spiro atoms. The van der Waals surface area contributed by atoms with Gasteiger partial charge in [0.05, 0.1) is 23.3 Å². The highest BCUT2D eigenvalue weighted by Gasteiger charge is 2.37. The van der Waals surface area contributed by atoms with E-state index in [1.807, 2.05) is 48.0 Å². The molecule has 0 bridgehead atoms. The quantitative estimate of drug-likeness (QED) is 0.341. The van der Waals surface area contributed by atoms with Gasteiger partial charge >= 0.3 is 0 Å². The highest BCUT2D eigenvalue weighted by Crippen LogP contribution is 2.32. The predicted octanol–water partition coefficient (Wildman–Crippen LogP) is 4.90. The van der Waals surface area contributed by atoms with Crippen molar-refractivity contribution in [2.24, 2.45) is 0 Å². The number of alkyl halides is 2. The second-order valence-corrected chi connectivity index (χ2v) is 9.77. The summed E-state index contributed by atoms with van der Waals surface area (Å²) >= 11 is 0. The lowest BCUT2D eigenvalue weighted by Gasteiger charge is -2.15. The molecule has 0 amide bonds.